The van der Waals surface area contributed by atoms with Gasteiger partial charge >= 0.3 is 0 Å². The highest BCUT2D eigenvalue weighted by atomic mass is 19.1. The number of pyridine rings is 2. The van der Waals surface area contributed by atoms with Gasteiger partial charge in [-0.3, -0.25) is 19.4 Å². The number of methoxy groups -OCH3 is 1. The predicted octanol–water partition coefficient (Wildman–Crippen LogP) is 4.18. The molecule has 3 aromatic heterocycles. The molecular formula is C23H30FN7O. The molecule has 3 N–H and O–H groups in total. The van der Waals surface area contributed by atoms with Crippen LogP contribution in [-0.2, 0) is 0 Å². The number of aromatic amines is 1. The number of halogens is 1. The minimum atomic E-state index is -0.238. The van der Waals surface area contributed by atoms with E-state index in [1.54, 1.807) is 13.3 Å². The molecule has 2 fully saturated rings. The van der Waals surface area contributed by atoms with Crippen LogP contribution in [0.25, 0.3) is 10.9 Å². The number of aryl methyl sites for hydroxylation is 1. The number of fused-ring (bicyclic) bond motifs is 3. The van der Waals surface area contributed by atoms with Crippen LogP contribution in [0.5, 0.6) is 5.75 Å². The van der Waals surface area contributed by atoms with Crippen molar-refractivity contribution < 1.29 is 9.13 Å². The lowest BCUT2D eigenvalue weighted by molar-refractivity contribution is 0.128. The maximum atomic E-state index is 12.7. The zero-order valence-corrected chi connectivity index (χ0v) is 18.6. The van der Waals surface area contributed by atoms with Crippen molar-refractivity contribution in [3.05, 3.63) is 30.1 Å². The van der Waals surface area contributed by atoms with Crippen LogP contribution >= 0.6 is 0 Å². The van der Waals surface area contributed by atoms with E-state index in [1.807, 2.05) is 25.1 Å². The van der Waals surface area contributed by atoms with Gasteiger partial charge in [0.2, 0.25) is 0 Å². The van der Waals surface area contributed by atoms with Gasteiger partial charge in [-0.25, -0.2) is 4.98 Å². The predicted molar refractivity (Wildman–Crippen MR) is 123 cm³/mol. The van der Waals surface area contributed by atoms with Gasteiger partial charge in [-0.1, -0.05) is 0 Å². The Kier molecular flexibility index (Phi) is 5.82. The average molecular weight is 440 g/mol. The van der Waals surface area contributed by atoms with Crippen molar-refractivity contribution in [1.29, 1.82) is 0 Å². The first-order valence-electron chi connectivity index (χ1n) is 11.3. The number of hydrogen-bond acceptors (Lipinski definition) is 7. The monoisotopic (exact) mass is 439 g/mol. The smallest absolute Gasteiger partial charge is 0.153 e. The summed E-state index contributed by atoms with van der Waals surface area (Å²) in [5.74, 6) is 2.90. The van der Waals surface area contributed by atoms with Gasteiger partial charge in [-0.2, -0.15) is 5.10 Å². The van der Waals surface area contributed by atoms with Crippen LogP contribution < -0.4 is 15.4 Å². The Morgan fingerprint density at radius 1 is 1.19 bits per heavy atom. The molecular weight excluding hydrogens is 409 g/mol. The summed E-state index contributed by atoms with van der Waals surface area (Å²) in [7, 11) is 1.64. The minimum Gasteiger partial charge on any atom is -0.495 e. The summed E-state index contributed by atoms with van der Waals surface area (Å²) in [6.45, 7) is 2.59. The standard InChI is InChI=1S/C23H30FN7O/c1-14-8-22(30-29-14)27-21-12-20-19(11-18(32-2)13-25-20)23(28-21)26-15-9-16-4-5-17(10-15)31(16)7-3-6-24/h8,11-13,15-17H,3-7,9-10H2,1-2H3,(H3,26,27,28,29,30)/t15?,16-,17+. The molecule has 2 aliphatic rings. The Bertz CT molecular complexity index is 1070. The number of H-pyrrole nitrogens is 1. The maximum absolute atomic E-state index is 12.7. The van der Waals surface area contributed by atoms with Crippen LogP contribution in [-0.4, -0.2) is 63.5 Å². The topological polar surface area (TPSA) is 91.0 Å². The van der Waals surface area contributed by atoms with Crippen molar-refractivity contribution in [2.45, 2.75) is 57.2 Å². The number of alkyl halides is 1. The molecule has 0 aromatic carbocycles. The van der Waals surface area contributed by atoms with Crippen molar-refractivity contribution in [3.63, 3.8) is 0 Å². The lowest BCUT2D eigenvalue weighted by atomic mass is 9.97. The van der Waals surface area contributed by atoms with Crippen LogP contribution in [0, 0.1) is 6.92 Å². The summed E-state index contributed by atoms with van der Waals surface area (Å²) >= 11 is 0. The molecule has 32 heavy (non-hydrogen) atoms. The van der Waals surface area contributed by atoms with Crippen molar-refractivity contribution in [2.24, 2.45) is 0 Å². The van der Waals surface area contributed by atoms with E-state index in [9.17, 15) is 4.39 Å². The normalized spacial score (nSPS) is 22.9. The van der Waals surface area contributed by atoms with Gasteiger partial charge in [0.05, 0.1) is 25.5 Å². The summed E-state index contributed by atoms with van der Waals surface area (Å²) < 4.78 is 18.1. The Balaban J connectivity index is 1.41. The highest BCUT2D eigenvalue weighted by Gasteiger charge is 2.40. The summed E-state index contributed by atoms with van der Waals surface area (Å²) in [6, 6.07) is 7.19. The largest absolute Gasteiger partial charge is 0.495 e. The van der Waals surface area contributed by atoms with Gasteiger partial charge in [-0.15, -0.1) is 0 Å². The third kappa shape index (κ3) is 4.21. The van der Waals surface area contributed by atoms with Gasteiger partial charge in [0, 0.05) is 47.9 Å². The average Bonchev–Trinajstić information content (AvgIpc) is 3.30. The Labute approximate surface area is 187 Å². The summed E-state index contributed by atoms with van der Waals surface area (Å²) in [4.78, 5) is 12.0. The van der Waals surface area contributed by atoms with Crippen LogP contribution in [0.4, 0.5) is 21.8 Å². The van der Waals surface area contributed by atoms with Crippen LogP contribution in [0.1, 0.15) is 37.8 Å². The second-order valence-corrected chi connectivity index (χ2v) is 8.84. The van der Waals surface area contributed by atoms with Crippen LogP contribution in [0.3, 0.4) is 0 Å². The van der Waals surface area contributed by atoms with Crippen LogP contribution in [0.15, 0.2) is 24.4 Å². The lowest BCUT2D eigenvalue weighted by Gasteiger charge is -2.39. The summed E-state index contributed by atoms with van der Waals surface area (Å²) in [5, 5.41) is 15.1. The van der Waals surface area contributed by atoms with E-state index in [-0.39, 0.29) is 6.67 Å². The maximum Gasteiger partial charge on any atom is 0.153 e. The second kappa shape index (κ2) is 8.90. The first kappa shape index (κ1) is 20.9. The van der Waals surface area contributed by atoms with E-state index in [1.165, 1.54) is 12.8 Å². The van der Waals surface area contributed by atoms with Crippen molar-refractivity contribution in [1.82, 2.24) is 25.1 Å². The fourth-order valence-electron chi connectivity index (χ4n) is 5.20. The molecule has 5 rings (SSSR count). The number of rotatable bonds is 8. The van der Waals surface area contributed by atoms with E-state index in [0.717, 1.165) is 41.8 Å². The molecule has 0 saturated carbocycles. The van der Waals surface area contributed by atoms with E-state index in [4.69, 9.17) is 9.72 Å². The molecule has 0 radical (unpaired) electrons. The van der Waals surface area contributed by atoms with E-state index in [0.29, 0.717) is 41.9 Å². The van der Waals surface area contributed by atoms with E-state index < -0.39 is 0 Å². The van der Waals surface area contributed by atoms with Gasteiger partial charge in [-0.05, 0) is 45.1 Å². The number of anilines is 3. The molecule has 170 valence electrons. The summed E-state index contributed by atoms with van der Waals surface area (Å²) in [5.41, 5.74) is 1.81. The summed E-state index contributed by atoms with van der Waals surface area (Å²) in [6.07, 6.45) is 6.82. The number of hydrogen-bond donors (Lipinski definition) is 3. The third-order valence-electron chi connectivity index (χ3n) is 6.63. The Morgan fingerprint density at radius 2 is 2.00 bits per heavy atom. The lowest BCUT2D eigenvalue weighted by Crippen LogP contribution is -2.47. The van der Waals surface area contributed by atoms with Crippen LogP contribution in [0.2, 0.25) is 0 Å². The van der Waals surface area contributed by atoms with Gasteiger partial charge < -0.3 is 15.4 Å². The number of piperidine rings is 1. The highest BCUT2D eigenvalue weighted by Crippen LogP contribution is 2.38. The number of nitrogens with zero attached hydrogens (tertiary/aromatic N) is 4. The quantitative estimate of drug-likeness (QED) is 0.485. The molecule has 3 atom stereocenters. The van der Waals surface area contributed by atoms with Crippen molar-refractivity contribution in [3.8, 4) is 5.75 Å². The molecule has 2 bridgehead atoms. The fraction of sp³-hybridized carbons (Fsp3) is 0.522. The molecule has 1 unspecified atom stereocenters. The first-order valence-corrected chi connectivity index (χ1v) is 11.3. The zero-order chi connectivity index (χ0) is 22.1. The van der Waals surface area contributed by atoms with Crippen molar-refractivity contribution >= 4 is 28.4 Å². The molecule has 0 aliphatic carbocycles. The molecule has 5 heterocycles. The highest BCUT2D eigenvalue weighted by molar-refractivity contribution is 5.92. The zero-order valence-electron chi connectivity index (χ0n) is 18.6. The fourth-order valence-corrected chi connectivity index (χ4v) is 5.20. The molecule has 8 nitrogen and oxygen atoms in total. The van der Waals surface area contributed by atoms with Gasteiger partial charge in [0.25, 0.3) is 0 Å². The SMILES string of the molecule is COc1cnc2cc(Nc3cc(C)[nH]n3)nc(NC3C[C@H]4CC[C@@H](C3)N4CCCF)c2c1. The molecule has 3 aromatic rings. The number of ether oxygens (including phenoxy) is 1. The number of aromatic nitrogens is 4. The first-order chi connectivity index (χ1) is 15.6. The van der Waals surface area contributed by atoms with Gasteiger partial charge in [0.15, 0.2) is 5.82 Å². The van der Waals surface area contributed by atoms with Gasteiger partial charge in [0.1, 0.15) is 17.4 Å². The minimum absolute atomic E-state index is 0.238. The third-order valence-corrected chi connectivity index (χ3v) is 6.63. The molecule has 0 amide bonds. The Hall–Kier alpha value is -2.94. The van der Waals surface area contributed by atoms with E-state index in [2.05, 4.69) is 30.7 Å². The Morgan fingerprint density at radius 3 is 2.69 bits per heavy atom. The molecule has 9 heteroatoms. The molecule has 2 saturated heterocycles. The number of nitrogens with one attached hydrogen (secondary N) is 3. The van der Waals surface area contributed by atoms with Crippen molar-refractivity contribution in [2.75, 3.05) is 31.0 Å². The molecule has 0 spiro atoms. The van der Waals surface area contributed by atoms with E-state index >= 15 is 0 Å². The molecule has 2 aliphatic heterocycles. The second-order valence-electron chi connectivity index (χ2n) is 8.84.